The zero-order chi connectivity index (χ0) is 35.7. The predicted octanol–water partition coefficient (Wildman–Crippen LogP) is 2.89. The van der Waals surface area contributed by atoms with Crippen LogP contribution in [0.3, 0.4) is 0 Å². The molecule has 0 unspecified atom stereocenters. The van der Waals surface area contributed by atoms with Gasteiger partial charge >= 0.3 is 5.97 Å². The first-order valence-corrected chi connectivity index (χ1v) is 17.9. The van der Waals surface area contributed by atoms with Crippen LogP contribution in [0.25, 0.3) is 20.7 Å². The average molecular weight is 759 g/mol. The molecule has 8 atom stereocenters. The van der Waals surface area contributed by atoms with Gasteiger partial charge < -0.3 is 50.5 Å². The molecule has 49 heavy (non-hydrogen) atoms. The minimum Gasteiger partial charge on any atom is -0.477 e. The molecule has 7 N–H and O–H groups in total. The van der Waals surface area contributed by atoms with E-state index in [4.69, 9.17) is 59.6 Å². The van der Waals surface area contributed by atoms with Crippen molar-refractivity contribution in [3.05, 3.63) is 7.91 Å². The minimum atomic E-state index is -1.26. The van der Waals surface area contributed by atoms with Gasteiger partial charge in [0.15, 0.2) is 37.8 Å². The van der Waals surface area contributed by atoms with E-state index < -0.39 is 43.5 Å². The third-order valence-corrected chi connectivity index (χ3v) is 10.6. The lowest BCUT2D eigenvalue weighted by atomic mass is 9.98. The Labute approximate surface area is 298 Å². The van der Waals surface area contributed by atoms with Gasteiger partial charge in [0.25, 0.3) is 0 Å². The molecule has 2 aliphatic heterocycles. The Morgan fingerprint density at radius 2 is 1.35 bits per heavy atom. The number of rotatable bonds is 9. The molecule has 0 amide bonds. The Morgan fingerprint density at radius 1 is 0.857 bits per heavy atom. The standard InChI is InChI=1S/C16H22N4O4S2.C12H16N4O5S2/c1-5-9-7(3)10(23-8(4)21)14(24-9)20-12-11(26-16(20)25)13(22-6-2)19-15(17)18-12;1-2-20-9-7-8(14-11(13)15-9)16(12(22)23-7)10-6(19)5(18)4(3-17)21-10/h7,9-10,14H,5-6H2,1-4H3,(H2,17,18,19);4-6,10,17-19H,2-3H2,1H3,(H2,13,14,15)/t7-,9-,10-,14-;4-,5-,6-,10-/m11/s1. The first-order chi connectivity index (χ1) is 23.3. The van der Waals surface area contributed by atoms with E-state index >= 15 is 0 Å². The summed E-state index contributed by atoms with van der Waals surface area (Å²) in [5, 5.41) is 29.3. The topological polar surface area (TPSA) is 237 Å². The van der Waals surface area contributed by atoms with Crippen molar-refractivity contribution in [3.8, 4) is 11.8 Å². The zero-order valence-corrected chi connectivity index (χ0v) is 30.5. The van der Waals surface area contributed by atoms with Gasteiger partial charge in [-0.2, -0.15) is 19.9 Å². The SMILES string of the molecule is CCOc1nc(N)nc2c1sc(=S)n2[C@@H]1O[C@H](CC)[C@@H](C)[C@H]1OC(C)=O.CCOc1nc(N)nc2c1sc(=S)n2[C@@H]1O[C@H](CO)[C@@H](O)[C@H]1O. The Morgan fingerprint density at radius 3 is 1.78 bits per heavy atom. The number of fused-ring (bicyclic) bond motifs is 2. The summed E-state index contributed by atoms with van der Waals surface area (Å²) >= 11 is 13.4. The summed E-state index contributed by atoms with van der Waals surface area (Å²) in [5.41, 5.74) is 12.4. The van der Waals surface area contributed by atoms with Crippen LogP contribution in [0.15, 0.2) is 0 Å². The van der Waals surface area contributed by atoms with E-state index in [9.17, 15) is 20.1 Å². The van der Waals surface area contributed by atoms with Crippen molar-refractivity contribution in [2.24, 2.45) is 5.92 Å². The molecule has 4 aromatic heterocycles. The largest absolute Gasteiger partial charge is 0.477 e. The number of thiazole rings is 2. The van der Waals surface area contributed by atoms with Crippen molar-refractivity contribution >= 4 is 85.7 Å². The quantitative estimate of drug-likeness (QED) is 0.122. The molecular weight excluding hydrogens is 721 g/mol. The van der Waals surface area contributed by atoms with Crippen LogP contribution in [0, 0.1) is 13.8 Å². The van der Waals surface area contributed by atoms with E-state index in [0.29, 0.717) is 53.6 Å². The fourth-order valence-electron chi connectivity index (χ4n) is 5.72. The molecule has 2 fully saturated rings. The first-order valence-electron chi connectivity index (χ1n) is 15.4. The molecule has 2 aliphatic rings. The summed E-state index contributed by atoms with van der Waals surface area (Å²) in [5.74, 6) is 0.445. The summed E-state index contributed by atoms with van der Waals surface area (Å²) in [6.45, 7) is 9.52. The highest BCUT2D eigenvalue weighted by Crippen LogP contribution is 2.42. The third-order valence-electron chi connectivity index (χ3n) is 7.89. The first kappa shape index (κ1) is 37.1. The number of aliphatic hydroxyl groups excluding tert-OH is 3. The van der Waals surface area contributed by atoms with Crippen molar-refractivity contribution in [2.75, 3.05) is 31.3 Å². The molecule has 4 aromatic rings. The molecule has 6 heterocycles. The van der Waals surface area contributed by atoms with Gasteiger partial charge in [0.1, 0.15) is 27.7 Å². The summed E-state index contributed by atoms with van der Waals surface area (Å²) in [4.78, 5) is 28.3. The van der Waals surface area contributed by atoms with Gasteiger partial charge in [-0.15, -0.1) is 0 Å². The number of nitrogens with two attached hydrogens (primary N) is 2. The van der Waals surface area contributed by atoms with E-state index in [-0.39, 0.29) is 29.9 Å². The van der Waals surface area contributed by atoms with Crippen LogP contribution < -0.4 is 20.9 Å². The van der Waals surface area contributed by atoms with Crippen molar-refractivity contribution in [2.45, 2.75) is 84.0 Å². The molecular formula is C28H38N8O9S4. The van der Waals surface area contributed by atoms with Gasteiger partial charge in [-0.1, -0.05) is 36.5 Å². The maximum absolute atomic E-state index is 11.6. The summed E-state index contributed by atoms with van der Waals surface area (Å²) < 4.78 is 33.7. The molecule has 6 rings (SSSR count). The van der Waals surface area contributed by atoms with E-state index in [1.54, 1.807) is 4.57 Å². The Balaban J connectivity index is 0.000000192. The van der Waals surface area contributed by atoms with Crippen LogP contribution in [0.5, 0.6) is 11.8 Å². The van der Waals surface area contributed by atoms with Gasteiger partial charge in [-0.05, 0) is 44.7 Å². The van der Waals surface area contributed by atoms with E-state index in [0.717, 1.165) is 6.42 Å². The molecule has 2 saturated heterocycles. The molecule has 268 valence electrons. The van der Waals surface area contributed by atoms with Gasteiger partial charge in [-0.3, -0.25) is 13.9 Å². The van der Waals surface area contributed by atoms with E-state index in [2.05, 4.69) is 19.9 Å². The van der Waals surface area contributed by atoms with Crippen molar-refractivity contribution < 1.29 is 43.8 Å². The molecule has 21 heteroatoms. The average Bonchev–Trinajstić information content (AvgIpc) is 3.74. The van der Waals surface area contributed by atoms with Crippen LogP contribution in [0.4, 0.5) is 11.9 Å². The van der Waals surface area contributed by atoms with Crippen molar-refractivity contribution in [3.63, 3.8) is 0 Å². The highest BCUT2D eigenvalue weighted by atomic mass is 32.2. The monoisotopic (exact) mass is 758 g/mol. The van der Waals surface area contributed by atoms with Crippen LogP contribution in [0.2, 0.25) is 0 Å². The van der Waals surface area contributed by atoms with E-state index in [1.807, 2.05) is 27.7 Å². The smallest absolute Gasteiger partial charge is 0.303 e. The molecule has 0 spiro atoms. The van der Waals surface area contributed by atoms with Gasteiger partial charge in [0.2, 0.25) is 23.7 Å². The number of hydrogen-bond donors (Lipinski definition) is 5. The lowest BCUT2D eigenvalue weighted by Gasteiger charge is -2.22. The van der Waals surface area contributed by atoms with Crippen LogP contribution in [-0.2, 0) is 19.0 Å². The highest BCUT2D eigenvalue weighted by Gasteiger charge is 2.46. The number of carbonyl (C=O) groups excluding carboxylic acids is 1. The maximum Gasteiger partial charge on any atom is 0.303 e. The number of ether oxygens (including phenoxy) is 5. The third kappa shape index (κ3) is 7.21. The second kappa shape index (κ2) is 15.4. The lowest BCUT2D eigenvalue weighted by Crippen LogP contribution is -2.33. The second-order valence-electron chi connectivity index (χ2n) is 11.1. The number of esters is 1. The summed E-state index contributed by atoms with van der Waals surface area (Å²) in [6.07, 6.45) is -4.66. The number of hydrogen-bond acceptors (Lipinski definition) is 19. The Bertz CT molecular complexity index is 1930. The highest BCUT2D eigenvalue weighted by molar-refractivity contribution is 7.74. The second-order valence-corrected chi connectivity index (χ2v) is 14.3. The minimum absolute atomic E-state index is 0.00533. The molecule has 17 nitrogen and oxygen atoms in total. The summed E-state index contributed by atoms with van der Waals surface area (Å²) in [7, 11) is 0. The van der Waals surface area contributed by atoms with Crippen molar-refractivity contribution in [1.29, 1.82) is 0 Å². The molecule has 0 radical (unpaired) electrons. The van der Waals surface area contributed by atoms with Gasteiger partial charge in [-0.25, -0.2) is 0 Å². The fraction of sp³-hybridized carbons (Fsp3) is 0.607. The summed E-state index contributed by atoms with van der Waals surface area (Å²) in [6, 6.07) is 0. The predicted molar refractivity (Wildman–Crippen MR) is 186 cm³/mol. The molecule has 0 aromatic carbocycles. The number of aliphatic hydroxyl groups is 3. The van der Waals surface area contributed by atoms with Gasteiger partial charge in [0, 0.05) is 12.8 Å². The number of nitrogens with zero attached hydrogens (tertiary/aromatic N) is 6. The normalized spacial score (nSPS) is 26.5. The molecule has 0 bridgehead atoms. The van der Waals surface area contributed by atoms with E-state index in [1.165, 1.54) is 34.2 Å². The number of anilines is 2. The molecule has 0 aliphatic carbocycles. The van der Waals surface area contributed by atoms with Gasteiger partial charge in [0.05, 0.1) is 25.9 Å². The molecule has 0 saturated carbocycles. The number of carbonyl (C=O) groups is 1. The van der Waals surface area contributed by atoms with Crippen LogP contribution >= 0.6 is 47.1 Å². The van der Waals surface area contributed by atoms with Crippen LogP contribution in [-0.4, -0.2) is 101 Å². The van der Waals surface area contributed by atoms with Crippen LogP contribution in [0.1, 0.15) is 53.5 Å². The maximum atomic E-state index is 11.6. The number of nitrogen functional groups attached to an aromatic ring is 2. The lowest BCUT2D eigenvalue weighted by molar-refractivity contribution is -0.153. The Hall–Kier alpha value is -3.15. The number of aromatic nitrogens is 6. The zero-order valence-electron chi connectivity index (χ0n) is 27.2. The van der Waals surface area contributed by atoms with Crippen molar-refractivity contribution in [1.82, 2.24) is 29.1 Å². The Kier molecular flexibility index (Phi) is 11.7. The fourth-order valence-corrected chi connectivity index (χ4v) is 8.38.